The maximum absolute atomic E-state index is 13.3. The Labute approximate surface area is 277 Å². The van der Waals surface area contributed by atoms with E-state index in [1.807, 2.05) is 13.0 Å². The van der Waals surface area contributed by atoms with Gasteiger partial charge in [-0.25, -0.2) is 15.0 Å². The SMILES string of the molecule is CCc1ccc(NC(=O)c2ccc(Cl)c(C(F)(F)F)c2)cc1NC(=O)c1ncc(Nc2cc(N3CCN(CCO)CC3)nc(C)n2)s1. The van der Waals surface area contributed by atoms with Crippen molar-refractivity contribution in [1.82, 2.24) is 19.9 Å². The Morgan fingerprint density at radius 1 is 1.02 bits per heavy atom. The van der Waals surface area contributed by atoms with Crippen LogP contribution in [0.15, 0.2) is 48.7 Å². The summed E-state index contributed by atoms with van der Waals surface area (Å²) in [5.41, 5.74) is 0.140. The van der Waals surface area contributed by atoms with Gasteiger partial charge < -0.3 is 26.0 Å². The highest BCUT2D eigenvalue weighted by Crippen LogP contribution is 2.35. The van der Waals surface area contributed by atoms with Crippen molar-refractivity contribution < 1.29 is 27.9 Å². The second-order valence-corrected chi connectivity index (χ2v) is 12.1. The summed E-state index contributed by atoms with van der Waals surface area (Å²) in [5, 5.41) is 18.1. The molecule has 11 nitrogen and oxygen atoms in total. The zero-order valence-corrected chi connectivity index (χ0v) is 27.1. The van der Waals surface area contributed by atoms with Gasteiger partial charge in [0, 0.05) is 55.7 Å². The van der Waals surface area contributed by atoms with E-state index in [4.69, 9.17) is 11.6 Å². The van der Waals surface area contributed by atoms with E-state index < -0.39 is 28.6 Å². The maximum Gasteiger partial charge on any atom is 0.417 e. The molecule has 16 heteroatoms. The number of β-amino-alcohol motifs (C(OH)–C–C–N with tert-alkyl or cyclic N) is 1. The molecule has 0 unspecified atom stereocenters. The summed E-state index contributed by atoms with van der Waals surface area (Å²) in [7, 11) is 0. The summed E-state index contributed by atoms with van der Waals surface area (Å²) in [4.78, 5) is 43.7. The van der Waals surface area contributed by atoms with E-state index in [1.165, 1.54) is 18.3 Å². The molecule has 47 heavy (non-hydrogen) atoms. The molecule has 2 aromatic heterocycles. The van der Waals surface area contributed by atoms with Crippen molar-refractivity contribution in [3.8, 4) is 0 Å². The maximum atomic E-state index is 13.3. The van der Waals surface area contributed by atoms with Crippen molar-refractivity contribution in [3.05, 3.63) is 81.2 Å². The number of aliphatic hydroxyl groups is 1. The number of hydrogen-bond acceptors (Lipinski definition) is 10. The van der Waals surface area contributed by atoms with Gasteiger partial charge in [0.15, 0.2) is 5.01 Å². The van der Waals surface area contributed by atoms with Gasteiger partial charge in [0.2, 0.25) is 0 Å². The van der Waals surface area contributed by atoms with Crippen molar-refractivity contribution in [3.63, 3.8) is 0 Å². The smallest absolute Gasteiger partial charge is 0.395 e. The van der Waals surface area contributed by atoms with Crippen LogP contribution in [0.1, 0.15) is 44.0 Å². The lowest BCUT2D eigenvalue weighted by molar-refractivity contribution is -0.137. The second-order valence-electron chi connectivity index (χ2n) is 10.7. The molecule has 1 aliphatic rings. The molecule has 0 spiro atoms. The zero-order chi connectivity index (χ0) is 33.7. The number of thiazole rings is 1. The highest BCUT2D eigenvalue weighted by Gasteiger charge is 2.34. The molecule has 5 rings (SSSR count). The summed E-state index contributed by atoms with van der Waals surface area (Å²) >= 11 is 6.81. The number of aliphatic hydroxyl groups excluding tert-OH is 1. The summed E-state index contributed by atoms with van der Waals surface area (Å²) in [6, 6.07) is 9.62. The number of rotatable bonds is 10. The average Bonchev–Trinajstić information content (AvgIpc) is 3.49. The first kappa shape index (κ1) is 34.0. The summed E-state index contributed by atoms with van der Waals surface area (Å²) in [6.07, 6.45) is -2.62. The number of hydrogen-bond donors (Lipinski definition) is 4. The first-order valence-corrected chi connectivity index (χ1v) is 15.9. The van der Waals surface area contributed by atoms with E-state index >= 15 is 0 Å². The molecule has 248 valence electrons. The fourth-order valence-electron chi connectivity index (χ4n) is 5.02. The molecule has 1 aliphatic heterocycles. The van der Waals surface area contributed by atoms with Crippen molar-refractivity contribution >= 4 is 62.8 Å². The summed E-state index contributed by atoms with van der Waals surface area (Å²) < 4.78 is 39.8. The third-order valence-electron chi connectivity index (χ3n) is 7.42. The van der Waals surface area contributed by atoms with Crippen molar-refractivity contribution in [2.45, 2.75) is 26.4 Å². The lowest BCUT2D eigenvalue weighted by atomic mass is 10.1. The van der Waals surface area contributed by atoms with Crippen LogP contribution in [0.2, 0.25) is 5.02 Å². The lowest BCUT2D eigenvalue weighted by Crippen LogP contribution is -2.47. The number of amides is 2. The van der Waals surface area contributed by atoms with Crippen molar-refractivity contribution in [2.75, 3.05) is 60.2 Å². The van der Waals surface area contributed by atoms with Crippen LogP contribution in [0.5, 0.6) is 0 Å². The molecule has 0 saturated carbocycles. The molecule has 2 amide bonds. The Bertz CT molecular complexity index is 1760. The number of carbonyl (C=O) groups is 2. The van der Waals surface area contributed by atoms with Gasteiger partial charge in [-0.3, -0.25) is 14.5 Å². The highest BCUT2D eigenvalue weighted by molar-refractivity contribution is 7.17. The van der Waals surface area contributed by atoms with E-state index in [9.17, 15) is 27.9 Å². The Morgan fingerprint density at radius 3 is 2.49 bits per heavy atom. The van der Waals surface area contributed by atoms with Crippen LogP contribution >= 0.6 is 22.9 Å². The van der Waals surface area contributed by atoms with Gasteiger partial charge in [-0.15, -0.1) is 0 Å². The van der Waals surface area contributed by atoms with E-state index in [0.717, 1.165) is 55.0 Å². The second kappa shape index (κ2) is 14.6. The minimum absolute atomic E-state index is 0.128. The lowest BCUT2D eigenvalue weighted by Gasteiger charge is -2.35. The van der Waals surface area contributed by atoms with Crippen LogP contribution in [0.3, 0.4) is 0 Å². The van der Waals surface area contributed by atoms with Gasteiger partial charge in [0.25, 0.3) is 11.8 Å². The Kier molecular flexibility index (Phi) is 10.6. The number of benzene rings is 2. The van der Waals surface area contributed by atoms with Crippen LogP contribution in [-0.2, 0) is 12.6 Å². The Hall–Kier alpha value is -4.31. The van der Waals surface area contributed by atoms with E-state index in [2.05, 4.69) is 40.7 Å². The molecule has 4 N–H and O–H groups in total. The van der Waals surface area contributed by atoms with Crippen LogP contribution in [0, 0.1) is 6.92 Å². The predicted octanol–water partition coefficient (Wildman–Crippen LogP) is 5.84. The van der Waals surface area contributed by atoms with Gasteiger partial charge in [-0.05, 0) is 49.2 Å². The normalized spacial score (nSPS) is 13.8. The first-order chi connectivity index (χ1) is 22.4. The zero-order valence-electron chi connectivity index (χ0n) is 25.5. The molecule has 0 radical (unpaired) electrons. The Morgan fingerprint density at radius 2 is 1.79 bits per heavy atom. The standard InChI is InChI=1S/C31H32ClF3N8O3S/c1-3-19-4-6-21(39-28(45)20-5-7-23(32)22(14-20)31(33,34)35)15-24(19)40-29(46)30-36-17-27(47-30)41-25-16-26(38-18(2)37-25)43-10-8-42(9-11-43)12-13-44/h4-7,14-17,44H,3,8-13H2,1-2H3,(H,39,45)(H,40,46)(H,37,38,41). The van der Waals surface area contributed by atoms with Crippen LogP contribution in [-0.4, -0.2) is 76.1 Å². The number of alkyl halides is 3. The minimum Gasteiger partial charge on any atom is -0.395 e. The topological polar surface area (TPSA) is 136 Å². The number of piperazine rings is 1. The van der Waals surface area contributed by atoms with Crippen molar-refractivity contribution in [1.29, 1.82) is 0 Å². The molecule has 4 aromatic rings. The summed E-state index contributed by atoms with van der Waals surface area (Å²) in [5.74, 6) is 0.675. The van der Waals surface area contributed by atoms with Crippen molar-refractivity contribution in [2.24, 2.45) is 0 Å². The minimum atomic E-state index is -4.72. The molecular weight excluding hydrogens is 657 g/mol. The number of nitrogens with one attached hydrogen (secondary N) is 3. The van der Waals surface area contributed by atoms with Crippen LogP contribution < -0.4 is 20.9 Å². The van der Waals surface area contributed by atoms with Gasteiger partial charge in [-0.1, -0.05) is 35.9 Å². The number of aromatic nitrogens is 3. The first-order valence-electron chi connectivity index (χ1n) is 14.7. The van der Waals surface area contributed by atoms with E-state index in [-0.39, 0.29) is 22.9 Å². The molecule has 0 bridgehead atoms. The highest BCUT2D eigenvalue weighted by atomic mass is 35.5. The third-order valence-corrected chi connectivity index (χ3v) is 8.66. The monoisotopic (exact) mass is 688 g/mol. The molecular formula is C31H32ClF3N8O3S. The largest absolute Gasteiger partial charge is 0.417 e. The molecule has 0 atom stereocenters. The molecule has 1 fully saturated rings. The van der Waals surface area contributed by atoms with Gasteiger partial charge >= 0.3 is 6.18 Å². The fourth-order valence-corrected chi connectivity index (χ4v) is 5.97. The third kappa shape index (κ3) is 8.54. The van der Waals surface area contributed by atoms with Crippen LogP contribution in [0.4, 0.5) is 41.2 Å². The molecule has 1 saturated heterocycles. The Balaban J connectivity index is 1.25. The number of anilines is 5. The number of carbonyl (C=O) groups excluding carboxylic acids is 2. The van der Waals surface area contributed by atoms with Gasteiger partial charge in [-0.2, -0.15) is 13.2 Å². The molecule has 0 aliphatic carbocycles. The van der Waals surface area contributed by atoms with Gasteiger partial charge in [0.05, 0.1) is 23.4 Å². The number of halogens is 4. The van der Waals surface area contributed by atoms with E-state index in [1.54, 1.807) is 19.1 Å². The quantitative estimate of drug-likeness (QED) is 0.162. The molecule has 2 aromatic carbocycles. The number of nitrogens with zero attached hydrogens (tertiary/aromatic N) is 5. The average molecular weight is 689 g/mol. The summed E-state index contributed by atoms with van der Waals surface area (Å²) in [6.45, 7) is 7.65. The van der Waals surface area contributed by atoms with Gasteiger partial charge in [0.1, 0.15) is 22.5 Å². The fraction of sp³-hybridized carbons (Fsp3) is 0.323. The number of aryl methyl sites for hydroxylation is 2. The predicted molar refractivity (Wildman–Crippen MR) is 176 cm³/mol. The molecule has 3 heterocycles. The van der Waals surface area contributed by atoms with Crippen LogP contribution in [0.25, 0.3) is 0 Å². The van der Waals surface area contributed by atoms with E-state index in [0.29, 0.717) is 41.4 Å².